The van der Waals surface area contributed by atoms with Crippen LogP contribution in [0.15, 0.2) is 42.5 Å². The molecule has 0 aliphatic carbocycles. The molecule has 36 heavy (non-hydrogen) atoms. The number of hydrogen-bond donors (Lipinski definition) is 1. The summed E-state index contributed by atoms with van der Waals surface area (Å²) in [5, 5.41) is 0.722. The number of methoxy groups -OCH3 is 2. The number of amides is 1. The van der Waals surface area contributed by atoms with Gasteiger partial charge in [-0.2, -0.15) is 4.98 Å². The number of fused-ring (bicyclic) bond motifs is 1. The van der Waals surface area contributed by atoms with Gasteiger partial charge in [0.15, 0.2) is 11.5 Å². The molecule has 2 N–H and O–H groups in total. The summed E-state index contributed by atoms with van der Waals surface area (Å²) >= 11 is 0. The van der Waals surface area contributed by atoms with Crippen molar-refractivity contribution in [2.45, 2.75) is 38.5 Å². The summed E-state index contributed by atoms with van der Waals surface area (Å²) in [6.45, 7) is 6.37. The number of rotatable bonds is 8. The van der Waals surface area contributed by atoms with E-state index >= 15 is 0 Å². The van der Waals surface area contributed by atoms with Crippen molar-refractivity contribution in [3.05, 3.63) is 48.0 Å². The quantitative estimate of drug-likeness (QED) is 0.503. The standard InChI is InChI=1S/C28H37N5O3/c1-19(2)15-25(34)33-13-11-28(12-14-33,20-9-7-6-8-10-20)18-32(3)27-30-22-17-24(36-5)23(35-4)16-21(22)26(29)31-27/h6-10,16-17,19H,11-15,18H2,1-5H3,(H2,29,30,31). The number of nitrogens with zero attached hydrogens (tertiary/aromatic N) is 4. The molecule has 0 radical (unpaired) electrons. The van der Waals surface area contributed by atoms with Gasteiger partial charge in [0.25, 0.3) is 0 Å². The lowest BCUT2D eigenvalue weighted by molar-refractivity contribution is -0.133. The van der Waals surface area contributed by atoms with Crippen molar-refractivity contribution in [1.29, 1.82) is 0 Å². The second-order valence-corrected chi connectivity index (χ2v) is 10.1. The van der Waals surface area contributed by atoms with Crippen LogP contribution in [-0.2, 0) is 10.2 Å². The number of nitrogens with two attached hydrogens (primary N) is 1. The van der Waals surface area contributed by atoms with Crippen molar-refractivity contribution in [3.8, 4) is 11.5 Å². The van der Waals surface area contributed by atoms with E-state index in [1.165, 1.54) is 5.56 Å². The molecule has 8 heteroatoms. The van der Waals surface area contributed by atoms with Gasteiger partial charge in [-0.05, 0) is 30.4 Å². The second-order valence-electron chi connectivity index (χ2n) is 10.1. The van der Waals surface area contributed by atoms with E-state index in [1.807, 2.05) is 30.1 Å². The van der Waals surface area contributed by atoms with Gasteiger partial charge in [0.1, 0.15) is 5.82 Å². The minimum absolute atomic E-state index is 0.130. The van der Waals surface area contributed by atoms with Gasteiger partial charge in [0.2, 0.25) is 11.9 Å². The normalized spacial score (nSPS) is 15.2. The lowest BCUT2D eigenvalue weighted by atomic mass is 9.72. The van der Waals surface area contributed by atoms with E-state index in [0.717, 1.165) is 31.3 Å². The first-order chi connectivity index (χ1) is 17.3. The average Bonchev–Trinajstić information content (AvgIpc) is 2.88. The summed E-state index contributed by atoms with van der Waals surface area (Å²) in [4.78, 5) is 26.3. The summed E-state index contributed by atoms with van der Waals surface area (Å²) in [5.41, 5.74) is 8.20. The lowest BCUT2D eigenvalue weighted by Gasteiger charge is -2.44. The molecule has 1 aromatic heterocycles. The maximum Gasteiger partial charge on any atom is 0.227 e. The van der Waals surface area contributed by atoms with E-state index < -0.39 is 0 Å². The van der Waals surface area contributed by atoms with Gasteiger partial charge in [-0.3, -0.25) is 4.79 Å². The third kappa shape index (κ3) is 5.17. The monoisotopic (exact) mass is 491 g/mol. The molecule has 192 valence electrons. The molecule has 0 bridgehead atoms. The third-order valence-corrected chi connectivity index (χ3v) is 7.14. The molecule has 3 aromatic rings. The van der Waals surface area contributed by atoms with Crippen molar-refractivity contribution >= 4 is 28.6 Å². The summed E-state index contributed by atoms with van der Waals surface area (Å²) < 4.78 is 10.9. The maximum atomic E-state index is 12.7. The Morgan fingerprint density at radius 1 is 1.08 bits per heavy atom. The molecule has 1 fully saturated rings. The number of nitrogen functional groups attached to an aromatic ring is 1. The van der Waals surface area contributed by atoms with Gasteiger partial charge in [0.05, 0.1) is 19.7 Å². The average molecular weight is 492 g/mol. The third-order valence-electron chi connectivity index (χ3n) is 7.14. The topological polar surface area (TPSA) is 93.8 Å². The van der Waals surface area contributed by atoms with Gasteiger partial charge in [0, 0.05) is 50.0 Å². The van der Waals surface area contributed by atoms with E-state index in [2.05, 4.69) is 48.0 Å². The fourth-order valence-corrected chi connectivity index (χ4v) is 5.15. The molecule has 4 rings (SSSR count). The summed E-state index contributed by atoms with van der Waals surface area (Å²) in [6.07, 6.45) is 2.34. The number of aromatic nitrogens is 2. The smallest absolute Gasteiger partial charge is 0.227 e. The highest BCUT2D eigenvalue weighted by atomic mass is 16.5. The fraction of sp³-hybridized carbons (Fsp3) is 0.464. The number of piperidine rings is 1. The zero-order valence-corrected chi connectivity index (χ0v) is 22.0. The number of ether oxygens (including phenoxy) is 2. The molecule has 2 aromatic carbocycles. The van der Waals surface area contributed by atoms with Crippen LogP contribution < -0.4 is 20.1 Å². The van der Waals surface area contributed by atoms with Crippen LogP contribution in [0.2, 0.25) is 0 Å². The van der Waals surface area contributed by atoms with Crippen molar-refractivity contribution in [3.63, 3.8) is 0 Å². The largest absolute Gasteiger partial charge is 0.493 e. The molecule has 0 atom stereocenters. The first-order valence-corrected chi connectivity index (χ1v) is 12.5. The molecule has 0 saturated carbocycles. The van der Waals surface area contributed by atoms with E-state index in [1.54, 1.807) is 14.2 Å². The van der Waals surface area contributed by atoms with Crippen molar-refractivity contribution in [1.82, 2.24) is 14.9 Å². The van der Waals surface area contributed by atoms with Gasteiger partial charge in [-0.15, -0.1) is 0 Å². The molecule has 1 aliphatic heterocycles. The molecular weight excluding hydrogens is 454 g/mol. The highest BCUT2D eigenvalue weighted by Crippen LogP contribution is 2.38. The Bertz CT molecular complexity index is 1210. The highest BCUT2D eigenvalue weighted by Gasteiger charge is 2.39. The predicted octanol–water partition coefficient (Wildman–Crippen LogP) is 4.27. The lowest BCUT2D eigenvalue weighted by Crippen LogP contribution is -2.50. The molecule has 1 aliphatic rings. The second kappa shape index (κ2) is 10.6. The number of carbonyl (C=O) groups excluding carboxylic acids is 1. The van der Waals surface area contributed by atoms with Crippen molar-refractivity contribution in [2.75, 3.05) is 51.5 Å². The zero-order valence-electron chi connectivity index (χ0n) is 22.0. The van der Waals surface area contributed by atoms with Crippen LogP contribution in [0.5, 0.6) is 11.5 Å². The SMILES string of the molecule is COc1cc2nc(N(C)CC3(c4ccccc4)CCN(C(=O)CC(C)C)CC3)nc(N)c2cc1OC. The van der Waals surface area contributed by atoms with Gasteiger partial charge >= 0.3 is 0 Å². The van der Waals surface area contributed by atoms with Gasteiger partial charge in [-0.1, -0.05) is 44.2 Å². The molecular formula is C28H37N5O3. The molecule has 2 heterocycles. The molecule has 8 nitrogen and oxygen atoms in total. The Hall–Kier alpha value is -3.55. The number of likely N-dealkylation sites (tertiary alicyclic amines) is 1. The number of anilines is 2. The molecule has 1 saturated heterocycles. The van der Waals surface area contributed by atoms with Crippen LogP contribution in [0.3, 0.4) is 0 Å². The first-order valence-electron chi connectivity index (χ1n) is 12.5. The first kappa shape index (κ1) is 25.5. The highest BCUT2D eigenvalue weighted by molar-refractivity contribution is 5.91. The van der Waals surface area contributed by atoms with Crippen LogP contribution in [0.25, 0.3) is 10.9 Å². The zero-order chi connectivity index (χ0) is 25.9. The Labute approximate surface area is 213 Å². The Balaban J connectivity index is 1.63. The molecule has 0 unspecified atom stereocenters. The Morgan fingerprint density at radius 2 is 1.72 bits per heavy atom. The molecule has 0 spiro atoms. The van der Waals surface area contributed by atoms with Crippen molar-refractivity contribution < 1.29 is 14.3 Å². The minimum Gasteiger partial charge on any atom is -0.493 e. The fourth-order valence-electron chi connectivity index (χ4n) is 5.15. The Morgan fingerprint density at radius 3 is 2.33 bits per heavy atom. The van der Waals surface area contributed by atoms with E-state index in [4.69, 9.17) is 20.2 Å². The summed E-state index contributed by atoms with van der Waals surface area (Å²) in [7, 11) is 5.19. The summed E-state index contributed by atoms with van der Waals surface area (Å²) in [5.74, 6) is 2.74. The van der Waals surface area contributed by atoms with E-state index in [9.17, 15) is 4.79 Å². The van der Waals surface area contributed by atoms with Crippen LogP contribution in [-0.4, -0.2) is 61.7 Å². The minimum atomic E-state index is -0.130. The van der Waals surface area contributed by atoms with Gasteiger partial charge < -0.3 is 25.0 Å². The van der Waals surface area contributed by atoms with Crippen LogP contribution in [0.1, 0.15) is 38.7 Å². The van der Waals surface area contributed by atoms with Crippen LogP contribution in [0, 0.1) is 5.92 Å². The number of carbonyl (C=O) groups is 1. The summed E-state index contributed by atoms with van der Waals surface area (Å²) in [6, 6.07) is 14.2. The number of benzene rings is 2. The van der Waals surface area contributed by atoms with Crippen molar-refractivity contribution in [2.24, 2.45) is 5.92 Å². The Kier molecular flexibility index (Phi) is 7.52. The van der Waals surface area contributed by atoms with Crippen LogP contribution >= 0.6 is 0 Å². The maximum absolute atomic E-state index is 12.7. The predicted molar refractivity (Wildman–Crippen MR) is 144 cm³/mol. The van der Waals surface area contributed by atoms with Crippen LogP contribution in [0.4, 0.5) is 11.8 Å². The number of likely N-dealkylation sites (N-methyl/N-ethyl adjacent to an activating group) is 1. The number of hydrogen-bond acceptors (Lipinski definition) is 7. The van der Waals surface area contributed by atoms with E-state index in [0.29, 0.717) is 47.7 Å². The van der Waals surface area contributed by atoms with E-state index in [-0.39, 0.29) is 11.3 Å². The van der Waals surface area contributed by atoms with Gasteiger partial charge in [-0.25, -0.2) is 4.98 Å². The molecule has 1 amide bonds.